The van der Waals surface area contributed by atoms with Crippen LogP contribution in [0.5, 0.6) is 0 Å². The minimum absolute atomic E-state index is 0.0466. The minimum atomic E-state index is -5.01. The highest BCUT2D eigenvalue weighted by atomic mass is 31.2. The Balaban J connectivity index is 4.49. The first-order chi connectivity index (χ1) is 17.8. The van der Waals surface area contributed by atoms with E-state index in [1.807, 2.05) is 5.92 Å². The molecule has 1 atom stereocenters. The molecule has 8 nitrogen and oxygen atoms in total. The van der Waals surface area contributed by atoms with Crippen LogP contribution in [0.2, 0.25) is 0 Å². The van der Waals surface area contributed by atoms with Gasteiger partial charge >= 0.3 is 19.8 Å². The van der Waals surface area contributed by atoms with Gasteiger partial charge in [0.05, 0.1) is 0 Å². The molecule has 0 aromatic carbocycles. The number of carbonyl (C=O) groups excluding carboxylic acids is 2. The van der Waals surface area contributed by atoms with Gasteiger partial charge in [-0.15, -0.1) is 0 Å². The summed E-state index contributed by atoms with van der Waals surface area (Å²) in [4.78, 5) is 41.7. The van der Waals surface area contributed by atoms with Gasteiger partial charge in [-0.2, -0.15) is 0 Å². The Labute approximate surface area is 219 Å². The lowest BCUT2D eigenvalue weighted by Crippen LogP contribution is -2.27. The van der Waals surface area contributed by atoms with Crippen molar-refractivity contribution in [3.8, 4) is 71.0 Å². The molecule has 0 radical (unpaired) electrons. The van der Waals surface area contributed by atoms with Gasteiger partial charge < -0.3 is 19.3 Å². The molecule has 0 fully saturated rings. The van der Waals surface area contributed by atoms with Crippen molar-refractivity contribution in [2.45, 2.75) is 84.3 Å². The SMILES string of the molecule is CC#CC#CC#CC#CC#CC#CC(=O)OC[C@H](OC(=O)CCCCCCCCCCC)OP(=O)(O)O. The fourth-order valence-electron chi connectivity index (χ4n) is 2.60. The minimum Gasteiger partial charge on any atom is -0.449 e. The maximum absolute atomic E-state index is 12.0. The second kappa shape index (κ2) is 22.8. The molecule has 0 aliphatic heterocycles. The Bertz CT molecular complexity index is 1140. The quantitative estimate of drug-likeness (QED) is 0.0832. The highest BCUT2D eigenvalue weighted by Crippen LogP contribution is 2.38. The van der Waals surface area contributed by atoms with Gasteiger partial charge in [0.15, 0.2) is 6.61 Å². The second-order valence-electron chi connectivity index (χ2n) is 7.32. The zero-order valence-corrected chi connectivity index (χ0v) is 22.0. The van der Waals surface area contributed by atoms with Crippen molar-refractivity contribution >= 4 is 19.8 Å². The summed E-state index contributed by atoms with van der Waals surface area (Å²) in [6.07, 6.45) is 7.81. The van der Waals surface area contributed by atoms with Gasteiger partial charge in [-0.25, -0.2) is 13.9 Å². The van der Waals surface area contributed by atoms with Crippen LogP contribution in [0.25, 0.3) is 0 Å². The molecule has 37 heavy (non-hydrogen) atoms. The first kappa shape index (κ1) is 33.4. The Morgan fingerprint density at radius 1 is 0.757 bits per heavy atom. The molecule has 0 unspecified atom stereocenters. The fraction of sp³-hybridized carbons (Fsp3) is 0.500. The van der Waals surface area contributed by atoms with Crippen molar-refractivity contribution in [2.24, 2.45) is 0 Å². The van der Waals surface area contributed by atoms with E-state index in [9.17, 15) is 14.2 Å². The van der Waals surface area contributed by atoms with Gasteiger partial charge in [0, 0.05) is 12.3 Å². The van der Waals surface area contributed by atoms with Crippen LogP contribution in [0.3, 0.4) is 0 Å². The van der Waals surface area contributed by atoms with E-state index in [-0.39, 0.29) is 6.42 Å². The summed E-state index contributed by atoms with van der Waals surface area (Å²) >= 11 is 0. The van der Waals surface area contributed by atoms with Crippen molar-refractivity contribution in [3.63, 3.8) is 0 Å². The monoisotopic (exact) mass is 526 g/mol. The number of phosphoric acid groups is 1. The van der Waals surface area contributed by atoms with Crippen molar-refractivity contribution in [1.82, 2.24) is 0 Å². The number of esters is 2. The van der Waals surface area contributed by atoms with Crippen molar-refractivity contribution < 1.29 is 37.9 Å². The van der Waals surface area contributed by atoms with Crippen LogP contribution in [0, 0.1) is 71.0 Å². The zero-order chi connectivity index (χ0) is 27.6. The molecule has 0 saturated carbocycles. The number of hydrogen-bond donors (Lipinski definition) is 2. The number of hydrogen-bond acceptors (Lipinski definition) is 6. The number of rotatable bonds is 15. The number of unbranched alkanes of at least 4 members (excludes halogenated alkanes) is 8. The van der Waals surface area contributed by atoms with E-state index in [1.54, 1.807) is 6.92 Å². The van der Waals surface area contributed by atoms with E-state index in [1.165, 1.54) is 25.7 Å². The summed E-state index contributed by atoms with van der Waals surface area (Å²) in [5.74, 6) is 26.8. The molecule has 0 aliphatic carbocycles. The predicted octanol–water partition coefficient (Wildman–Crippen LogP) is 3.47. The lowest BCUT2D eigenvalue weighted by atomic mass is 10.1. The fourth-order valence-corrected chi connectivity index (χ4v) is 3.01. The van der Waals surface area contributed by atoms with Crippen LogP contribution in [0.15, 0.2) is 0 Å². The van der Waals surface area contributed by atoms with Crippen molar-refractivity contribution in [2.75, 3.05) is 6.61 Å². The van der Waals surface area contributed by atoms with Crippen molar-refractivity contribution in [1.29, 1.82) is 0 Å². The first-order valence-electron chi connectivity index (χ1n) is 11.8. The maximum atomic E-state index is 12.0. The van der Waals surface area contributed by atoms with Gasteiger partial charge in [-0.05, 0) is 72.5 Å². The van der Waals surface area contributed by atoms with E-state index >= 15 is 0 Å². The van der Waals surface area contributed by atoms with Crippen LogP contribution >= 0.6 is 7.82 Å². The molecule has 196 valence electrons. The molecule has 2 N–H and O–H groups in total. The number of phosphoric ester groups is 1. The highest BCUT2D eigenvalue weighted by molar-refractivity contribution is 7.46. The average Bonchev–Trinajstić information content (AvgIpc) is 2.84. The molecule has 0 saturated heterocycles. The average molecular weight is 527 g/mol. The third kappa shape index (κ3) is 25.3. The summed E-state index contributed by atoms with van der Waals surface area (Å²) in [6.45, 7) is 3.06. The van der Waals surface area contributed by atoms with E-state index in [0.29, 0.717) is 6.42 Å². The van der Waals surface area contributed by atoms with E-state index in [2.05, 4.69) is 76.6 Å². The van der Waals surface area contributed by atoms with Crippen LogP contribution in [-0.4, -0.2) is 34.6 Å². The predicted molar refractivity (Wildman–Crippen MR) is 138 cm³/mol. The van der Waals surface area contributed by atoms with Crippen LogP contribution in [-0.2, 0) is 28.2 Å². The molecular weight excluding hydrogens is 495 g/mol. The molecular formula is C28H31O8P. The van der Waals surface area contributed by atoms with E-state index in [4.69, 9.17) is 19.3 Å². The first-order valence-corrected chi connectivity index (χ1v) is 13.3. The Morgan fingerprint density at radius 3 is 1.76 bits per heavy atom. The molecule has 0 aromatic heterocycles. The van der Waals surface area contributed by atoms with Crippen LogP contribution in [0.1, 0.15) is 78.1 Å². The Morgan fingerprint density at radius 2 is 1.24 bits per heavy atom. The molecule has 0 amide bonds. The number of ether oxygens (including phenoxy) is 2. The third-order valence-electron chi connectivity index (χ3n) is 4.20. The molecule has 0 bridgehead atoms. The lowest BCUT2D eigenvalue weighted by Gasteiger charge is -2.18. The summed E-state index contributed by atoms with van der Waals surface area (Å²) in [6, 6.07) is 0. The molecule has 0 aliphatic rings. The summed E-state index contributed by atoms with van der Waals surface area (Å²) in [7, 11) is -5.01. The number of carbonyl (C=O) groups is 2. The summed E-state index contributed by atoms with van der Waals surface area (Å²) in [5.41, 5.74) is 0. The van der Waals surface area contributed by atoms with Gasteiger partial charge in [0.25, 0.3) is 0 Å². The third-order valence-corrected chi connectivity index (χ3v) is 4.71. The lowest BCUT2D eigenvalue weighted by molar-refractivity contribution is -0.177. The second-order valence-corrected chi connectivity index (χ2v) is 8.51. The van der Waals surface area contributed by atoms with Gasteiger partial charge in [-0.1, -0.05) is 64.2 Å². The van der Waals surface area contributed by atoms with Crippen molar-refractivity contribution in [3.05, 3.63) is 0 Å². The molecule has 0 rings (SSSR count). The van der Waals surface area contributed by atoms with E-state index in [0.717, 1.165) is 25.7 Å². The van der Waals surface area contributed by atoms with Gasteiger partial charge in [0.2, 0.25) is 6.29 Å². The van der Waals surface area contributed by atoms with E-state index < -0.39 is 32.7 Å². The summed E-state index contributed by atoms with van der Waals surface area (Å²) in [5, 5.41) is 0. The normalized spacial score (nSPS) is 9.84. The molecule has 0 aromatic rings. The van der Waals surface area contributed by atoms with Gasteiger partial charge in [-0.3, -0.25) is 4.79 Å². The molecule has 9 heteroatoms. The summed E-state index contributed by atoms with van der Waals surface area (Å²) < 4.78 is 25.2. The standard InChI is InChI=1S/C28H31O8P/c1-3-5-7-9-11-13-14-16-17-19-21-23-26(29)34-25-28(36-37(31,32)33)35-27(30)24-22-20-18-15-12-10-8-6-4-2/h28H,4,6,8,10,12,15,18,20,22,24-25H2,1-2H3,(H2,31,32,33)/t28-/m1/s1. The van der Waals surface area contributed by atoms with Crippen LogP contribution in [0.4, 0.5) is 0 Å². The van der Waals surface area contributed by atoms with Crippen LogP contribution < -0.4 is 0 Å². The topological polar surface area (TPSA) is 119 Å². The molecule has 0 spiro atoms. The highest BCUT2D eigenvalue weighted by Gasteiger charge is 2.26. The smallest absolute Gasteiger partial charge is 0.449 e. The molecule has 0 heterocycles. The largest absolute Gasteiger partial charge is 0.472 e. The Kier molecular flexibility index (Phi) is 20.6. The Hall–Kier alpha value is -3.59. The zero-order valence-electron chi connectivity index (χ0n) is 21.1. The van der Waals surface area contributed by atoms with Gasteiger partial charge in [0.1, 0.15) is 0 Å². The maximum Gasteiger partial charge on any atom is 0.472 e.